The smallest absolute Gasteiger partial charge is 0.315 e. The summed E-state index contributed by atoms with van der Waals surface area (Å²) in [7, 11) is 1.75. The molecule has 0 aromatic rings. The molecule has 21 heavy (non-hydrogen) atoms. The molecule has 0 spiro atoms. The fourth-order valence-electron chi connectivity index (χ4n) is 3.62. The maximum atomic E-state index is 12.0. The van der Waals surface area contributed by atoms with Gasteiger partial charge >= 0.3 is 6.03 Å². The van der Waals surface area contributed by atoms with Gasteiger partial charge in [0.2, 0.25) is 0 Å². The van der Waals surface area contributed by atoms with Crippen molar-refractivity contribution in [2.75, 3.05) is 13.7 Å². The third-order valence-electron chi connectivity index (χ3n) is 5.05. The zero-order chi connectivity index (χ0) is 16.0. The highest BCUT2D eigenvalue weighted by atomic mass is 16.5. The van der Waals surface area contributed by atoms with Crippen LogP contribution in [0.15, 0.2) is 0 Å². The van der Waals surface area contributed by atoms with E-state index < -0.39 is 0 Å². The summed E-state index contributed by atoms with van der Waals surface area (Å²) in [5, 5.41) is 15.3. The Kier molecular flexibility index (Phi) is 6.94. The fraction of sp³-hybridized carbons (Fsp3) is 0.938. The van der Waals surface area contributed by atoms with Crippen LogP contribution in [-0.4, -0.2) is 43.0 Å². The molecule has 5 nitrogen and oxygen atoms in total. The van der Waals surface area contributed by atoms with Crippen LogP contribution in [-0.2, 0) is 4.74 Å². The van der Waals surface area contributed by atoms with Crippen molar-refractivity contribution in [3.8, 4) is 0 Å². The standard InChI is InChI=1S/C16H32N2O3/c1-6-16(7-2)13(9-14(16)21-5)18-15(20)17-10-11(3)8-12(4)19/h11-14,19H,6-10H2,1-5H3,(H2,17,18,20). The Morgan fingerprint density at radius 3 is 2.48 bits per heavy atom. The molecule has 1 rings (SSSR count). The third kappa shape index (κ3) is 4.33. The SMILES string of the molecule is CCC1(CC)C(NC(=O)NCC(C)CC(C)O)CC1OC. The van der Waals surface area contributed by atoms with Crippen molar-refractivity contribution in [1.29, 1.82) is 0 Å². The first-order chi connectivity index (χ1) is 9.89. The summed E-state index contributed by atoms with van der Waals surface area (Å²) in [5.74, 6) is 0.269. The zero-order valence-corrected chi connectivity index (χ0v) is 14.1. The number of urea groups is 1. The van der Waals surface area contributed by atoms with Gasteiger partial charge in [0.05, 0.1) is 12.2 Å². The van der Waals surface area contributed by atoms with E-state index in [4.69, 9.17) is 4.74 Å². The summed E-state index contributed by atoms with van der Waals surface area (Å²) in [6.07, 6.45) is 3.51. The molecule has 0 saturated heterocycles. The number of rotatable bonds is 8. The first kappa shape index (κ1) is 18.2. The van der Waals surface area contributed by atoms with E-state index in [1.807, 2.05) is 6.92 Å². The molecular weight excluding hydrogens is 268 g/mol. The molecule has 5 heteroatoms. The molecule has 4 atom stereocenters. The van der Waals surface area contributed by atoms with Crippen LogP contribution in [0.1, 0.15) is 53.4 Å². The van der Waals surface area contributed by atoms with Crippen LogP contribution >= 0.6 is 0 Å². The van der Waals surface area contributed by atoms with E-state index in [9.17, 15) is 9.90 Å². The second-order valence-corrected chi connectivity index (χ2v) is 6.50. The van der Waals surface area contributed by atoms with Gasteiger partial charge in [-0.3, -0.25) is 0 Å². The molecule has 2 amide bonds. The van der Waals surface area contributed by atoms with Gasteiger partial charge in [-0.2, -0.15) is 0 Å². The average Bonchev–Trinajstić information content (AvgIpc) is 2.41. The Morgan fingerprint density at radius 1 is 1.38 bits per heavy atom. The van der Waals surface area contributed by atoms with Crippen LogP contribution in [0.4, 0.5) is 4.79 Å². The Balaban J connectivity index is 2.41. The number of carbonyl (C=O) groups is 1. The van der Waals surface area contributed by atoms with Crippen LogP contribution in [0.5, 0.6) is 0 Å². The fourth-order valence-corrected chi connectivity index (χ4v) is 3.62. The predicted octanol–water partition coefficient (Wildman–Crippen LogP) is 2.29. The number of hydrogen-bond donors (Lipinski definition) is 3. The summed E-state index contributed by atoms with van der Waals surface area (Å²) < 4.78 is 5.54. The summed E-state index contributed by atoms with van der Waals surface area (Å²) in [6, 6.07) is 0.0720. The van der Waals surface area contributed by atoms with Gasteiger partial charge in [0.1, 0.15) is 0 Å². The second-order valence-electron chi connectivity index (χ2n) is 6.50. The number of hydrogen-bond acceptors (Lipinski definition) is 3. The molecule has 1 aliphatic carbocycles. The quantitative estimate of drug-likeness (QED) is 0.644. The molecule has 4 unspecified atom stereocenters. The number of ether oxygens (including phenoxy) is 1. The largest absolute Gasteiger partial charge is 0.393 e. The van der Waals surface area contributed by atoms with Gasteiger partial charge in [0.15, 0.2) is 0 Å². The lowest BCUT2D eigenvalue weighted by atomic mass is 9.58. The van der Waals surface area contributed by atoms with E-state index in [0.29, 0.717) is 13.0 Å². The Labute approximate surface area is 128 Å². The highest BCUT2D eigenvalue weighted by Gasteiger charge is 2.53. The van der Waals surface area contributed by atoms with Crippen LogP contribution in [0, 0.1) is 11.3 Å². The maximum Gasteiger partial charge on any atom is 0.315 e. The van der Waals surface area contributed by atoms with Crippen LogP contribution in [0.25, 0.3) is 0 Å². The Hall–Kier alpha value is -0.810. The van der Waals surface area contributed by atoms with Gasteiger partial charge in [0, 0.05) is 25.1 Å². The molecule has 0 aliphatic heterocycles. The summed E-state index contributed by atoms with van der Waals surface area (Å²) in [5.41, 5.74) is 0.0668. The van der Waals surface area contributed by atoms with Crippen molar-refractivity contribution >= 4 is 6.03 Å². The van der Waals surface area contributed by atoms with Crippen LogP contribution < -0.4 is 10.6 Å². The third-order valence-corrected chi connectivity index (χ3v) is 5.05. The van der Waals surface area contributed by atoms with E-state index in [0.717, 1.165) is 19.3 Å². The molecule has 1 saturated carbocycles. The molecular formula is C16H32N2O3. The molecule has 0 bridgehead atoms. The van der Waals surface area contributed by atoms with Gasteiger partial charge in [0.25, 0.3) is 0 Å². The number of methoxy groups -OCH3 is 1. The normalized spacial score (nSPS) is 26.6. The molecule has 124 valence electrons. The molecule has 0 radical (unpaired) electrons. The van der Waals surface area contributed by atoms with Crippen molar-refractivity contribution in [2.45, 2.75) is 71.6 Å². The maximum absolute atomic E-state index is 12.0. The van der Waals surface area contributed by atoms with Crippen molar-refractivity contribution < 1.29 is 14.6 Å². The lowest BCUT2D eigenvalue weighted by Crippen LogP contribution is -2.65. The molecule has 1 fully saturated rings. The Morgan fingerprint density at radius 2 is 2.00 bits per heavy atom. The van der Waals surface area contributed by atoms with Gasteiger partial charge in [-0.05, 0) is 38.5 Å². The van der Waals surface area contributed by atoms with Crippen molar-refractivity contribution in [3.05, 3.63) is 0 Å². The van der Waals surface area contributed by atoms with Gasteiger partial charge in [-0.25, -0.2) is 4.79 Å². The van der Waals surface area contributed by atoms with Crippen LogP contribution in [0.2, 0.25) is 0 Å². The van der Waals surface area contributed by atoms with Gasteiger partial charge < -0.3 is 20.5 Å². The predicted molar refractivity (Wildman–Crippen MR) is 84.2 cm³/mol. The van der Waals surface area contributed by atoms with E-state index in [-0.39, 0.29) is 35.6 Å². The summed E-state index contributed by atoms with van der Waals surface area (Å²) in [6.45, 7) is 8.70. The number of aliphatic hydroxyl groups excluding tert-OH is 1. The zero-order valence-electron chi connectivity index (χ0n) is 14.1. The molecule has 3 N–H and O–H groups in total. The minimum absolute atomic E-state index is 0.0668. The first-order valence-electron chi connectivity index (χ1n) is 8.14. The highest BCUT2D eigenvalue weighted by molar-refractivity contribution is 5.74. The van der Waals surface area contributed by atoms with Crippen molar-refractivity contribution in [2.24, 2.45) is 11.3 Å². The van der Waals surface area contributed by atoms with E-state index in [1.165, 1.54) is 0 Å². The second kappa shape index (κ2) is 7.99. The van der Waals surface area contributed by atoms with Crippen LogP contribution in [0.3, 0.4) is 0 Å². The van der Waals surface area contributed by atoms with E-state index in [1.54, 1.807) is 14.0 Å². The molecule has 0 aromatic heterocycles. The average molecular weight is 300 g/mol. The van der Waals surface area contributed by atoms with Gasteiger partial charge in [-0.15, -0.1) is 0 Å². The molecule has 0 heterocycles. The van der Waals surface area contributed by atoms with E-state index in [2.05, 4.69) is 24.5 Å². The van der Waals surface area contributed by atoms with Gasteiger partial charge in [-0.1, -0.05) is 20.8 Å². The van der Waals surface area contributed by atoms with Crippen molar-refractivity contribution in [1.82, 2.24) is 10.6 Å². The monoisotopic (exact) mass is 300 g/mol. The summed E-state index contributed by atoms with van der Waals surface area (Å²) in [4.78, 5) is 12.0. The number of nitrogens with one attached hydrogen (secondary N) is 2. The van der Waals surface area contributed by atoms with E-state index >= 15 is 0 Å². The Bertz CT molecular complexity index is 329. The minimum Gasteiger partial charge on any atom is -0.393 e. The number of aliphatic hydroxyl groups is 1. The first-order valence-corrected chi connectivity index (χ1v) is 8.14. The highest BCUT2D eigenvalue weighted by Crippen LogP contribution is 2.48. The molecule has 1 aliphatic rings. The number of amides is 2. The molecule has 0 aromatic carbocycles. The number of carbonyl (C=O) groups excluding carboxylic acids is 1. The summed E-state index contributed by atoms with van der Waals surface area (Å²) >= 11 is 0. The minimum atomic E-state index is -0.327. The lowest BCUT2D eigenvalue weighted by Gasteiger charge is -2.55. The lowest BCUT2D eigenvalue weighted by molar-refractivity contribution is -0.119. The van der Waals surface area contributed by atoms with Crippen molar-refractivity contribution in [3.63, 3.8) is 0 Å². The topological polar surface area (TPSA) is 70.6 Å².